The number of carbonyl (C=O) groups excluding carboxylic acids is 2. The second-order valence-corrected chi connectivity index (χ2v) is 7.85. The molecule has 3 aromatic rings. The Labute approximate surface area is 212 Å². The van der Waals surface area contributed by atoms with Gasteiger partial charge in [-0.25, -0.2) is 14.6 Å². The smallest absolute Gasteiger partial charge is 0.363 e. The molecule has 0 atom stereocenters. The first-order chi connectivity index (χ1) is 17.4. The molecule has 0 saturated heterocycles. The van der Waals surface area contributed by atoms with Gasteiger partial charge in [0.2, 0.25) is 5.90 Å². The summed E-state index contributed by atoms with van der Waals surface area (Å²) in [7, 11) is 2.97. The fourth-order valence-corrected chi connectivity index (χ4v) is 3.64. The van der Waals surface area contributed by atoms with Crippen LogP contribution in [0.4, 0.5) is 0 Å². The summed E-state index contributed by atoms with van der Waals surface area (Å²) in [5, 5.41) is 0.446. The zero-order valence-corrected chi connectivity index (χ0v) is 20.5. The summed E-state index contributed by atoms with van der Waals surface area (Å²) in [5.74, 6) is 0.260. The molecule has 0 aromatic heterocycles. The molecule has 0 amide bonds. The number of hydrogen-bond acceptors (Lipinski definition) is 8. The molecule has 1 heterocycles. The molecule has 0 fully saturated rings. The van der Waals surface area contributed by atoms with Crippen LogP contribution in [0.25, 0.3) is 6.08 Å². The molecule has 8 nitrogen and oxygen atoms in total. The number of esters is 2. The third-order valence-electron chi connectivity index (χ3n) is 5.11. The highest BCUT2D eigenvalue weighted by Gasteiger charge is 2.27. The summed E-state index contributed by atoms with van der Waals surface area (Å²) >= 11 is 6.09. The van der Waals surface area contributed by atoms with Gasteiger partial charge in [0.25, 0.3) is 0 Å². The average Bonchev–Trinajstić information content (AvgIpc) is 3.25. The number of aliphatic imine (C=N–C) groups is 1. The molecule has 0 bridgehead atoms. The van der Waals surface area contributed by atoms with Crippen molar-refractivity contribution < 1.29 is 33.3 Å². The van der Waals surface area contributed by atoms with Crippen molar-refractivity contribution >= 4 is 35.5 Å². The van der Waals surface area contributed by atoms with Crippen LogP contribution in [0.5, 0.6) is 23.0 Å². The van der Waals surface area contributed by atoms with Crippen molar-refractivity contribution in [1.82, 2.24) is 0 Å². The van der Waals surface area contributed by atoms with E-state index in [1.54, 1.807) is 73.7 Å². The van der Waals surface area contributed by atoms with Crippen LogP contribution in [-0.2, 0) is 9.53 Å². The van der Waals surface area contributed by atoms with Gasteiger partial charge in [0, 0.05) is 5.02 Å². The third-order valence-corrected chi connectivity index (χ3v) is 5.35. The second-order valence-electron chi connectivity index (χ2n) is 7.41. The van der Waals surface area contributed by atoms with Gasteiger partial charge in [-0.3, -0.25) is 0 Å². The monoisotopic (exact) mass is 507 g/mol. The Morgan fingerprint density at radius 1 is 0.972 bits per heavy atom. The number of halogens is 1. The van der Waals surface area contributed by atoms with E-state index in [4.69, 9.17) is 35.3 Å². The topological polar surface area (TPSA) is 92.6 Å². The van der Waals surface area contributed by atoms with Gasteiger partial charge in [0.15, 0.2) is 17.2 Å². The Morgan fingerprint density at radius 2 is 1.72 bits per heavy atom. The fraction of sp³-hybridized carbons (Fsp3) is 0.148. The highest BCUT2D eigenvalue weighted by molar-refractivity contribution is 6.31. The zero-order chi connectivity index (χ0) is 25.7. The Morgan fingerprint density at radius 3 is 2.47 bits per heavy atom. The van der Waals surface area contributed by atoms with Crippen molar-refractivity contribution in [2.75, 3.05) is 20.8 Å². The summed E-state index contributed by atoms with van der Waals surface area (Å²) in [5.41, 5.74) is 1.40. The van der Waals surface area contributed by atoms with E-state index in [-0.39, 0.29) is 22.9 Å². The van der Waals surface area contributed by atoms with E-state index in [0.717, 1.165) is 0 Å². The molecule has 9 heteroatoms. The standard InChI is InChI=1S/C27H22ClNO7/c1-4-34-24-14-16(9-11-23(24)35-26(30)18-7-5-6-8-21(18)32-2)13-20-27(31)36-25(29-20)19-15-17(28)10-12-22(19)33-3/h5-15H,4H2,1-3H3/b20-13+. The van der Waals surface area contributed by atoms with Gasteiger partial charge in [-0.05, 0) is 61.0 Å². The van der Waals surface area contributed by atoms with Crippen molar-refractivity contribution in [3.8, 4) is 23.0 Å². The molecule has 1 aliphatic heterocycles. The zero-order valence-electron chi connectivity index (χ0n) is 19.7. The van der Waals surface area contributed by atoms with Crippen LogP contribution in [0.2, 0.25) is 5.02 Å². The molecule has 0 unspecified atom stereocenters. The summed E-state index contributed by atoms with van der Waals surface area (Å²) in [6.07, 6.45) is 1.54. The molecular formula is C27H22ClNO7. The Hall–Kier alpha value is -4.30. The minimum Gasteiger partial charge on any atom is -0.496 e. The molecule has 0 N–H and O–H groups in total. The van der Waals surface area contributed by atoms with Crippen molar-refractivity contribution in [3.05, 3.63) is 88.1 Å². The van der Waals surface area contributed by atoms with Crippen molar-refractivity contribution in [2.45, 2.75) is 6.92 Å². The Bertz CT molecular complexity index is 1380. The van der Waals surface area contributed by atoms with Crippen LogP contribution >= 0.6 is 11.6 Å². The summed E-state index contributed by atoms with van der Waals surface area (Å²) in [6.45, 7) is 2.14. The van der Waals surface area contributed by atoms with Crippen LogP contribution in [0, 0.1) is 0 Å². The largest absolute Gasteiger partial charge is 0.496 e. The SMILES string of the molecule is CCOc1cc(/C=C2/N=C(c3cc(Cl)ccc3OC)OC2=O)ccc1OC(=O)c1ccccc1OC. The van der Waals surface area contributed by atoms with Crippen molar-refractivity contribution in [2.24, 2.45) is 4.99 Å². The lowest BCUT2D eigenvalue weighted by molar-refractivity contribution is -0.129. The normalized spacial score (nSPS) is 13.7. The number of benzene rings is 3. The van der Waals surface area contributed by atoms with Crippen LogP contribution in [-0.4, -0.2) is 38.7 Å². The number of rotatable bonds is 8. The van der Waals surface area contributed by atoms with Gasteiger partial charge in [-0.15, -0.1) is 0 Å². The number of carbonyl (C=O) groups is 2. The number of methoxy groups -OCH3 is 2. The van der Waals surface area contributed by atoms with Crippen LogP contribution < -0.4 is 18.9 Å². The summed E-state index contributed by atoms with van der Waals surface area (Å²) in [6, 6.07) is 16.6. The lowest BCUT2D eigenvalue weighted by Crippen LogP contribution is -2.11. The van der Waals surface area contributed by atoms with Crippen molar-refractivity contribution in [3.63, 3.8) is 0 Å². The van der Waals surface area contributed by atoms with Gasteiger partial charge < -0.3 is 23.7 Å². The quantitative estimate of drug-likeness (QED) is 0.231. The third kappa shape index (κ3) is 5.34. The molecular weight excluding hydrogens is 486 g/mol. The number of ether oxygens (including phenoxy) is 5. The van der Waals surface area contributed by atoms with E-state index >= 15 is 0 Å². The van der Waals surface area contributed by atoms with E-state index in [9.17, 15) is 9.59 Å². The Kier molecular flexibility index (Phi) is 7.56. The molecule has 0 saturated carbocycles. The van der Waals surface area contributed by atoms with E-state index in [1.165, 1.54) is 14.2 Å². The first kappa shape index (κ1) is 24.8. The molecule has 36 heavy (non-hydrogen) atoms. The molecule has 3 aromatic carbocycles. The van der Waals surface area contributed by atoms with E-state index in [1.807, 2.05) is 0 Å². The number of nitrogens with zero attached hydrogens (tertiary/aromatic N) is 1. The lowest BCUT2D eigenvalue weighted by atomic mass is 10.1. The highest BCUT2D eigenvalue weighted by atomic mass is 35.5. The molecule has 0 radical (unpaired) electrons. The fourth-order valence-electron chi connectivity index (χ4n) is 3.46. The molecule has 1 aliphatic rings. The molecule has 4 rings (SSSR count). The Balaban J connectivity index is 1.63. The number of para-hydroxylation sites is 1. The lowest BCUT2D eigenvalue weighted by Gasteiger charge is -2.12. The van der Waals surface area contributed by atoms with Gasteiger partial charge in [-0.1, -0.05) is 29.8 Å². The highest BCUT2D eigenvalue weighted by Crippen LogP contribution is 2.32. The first-order valence-electron chi connectivity index (χ1n) is 10.9. The van der Waals surface area contributed by atoms with E-state index < -0.39 is 11.9 Å². The van der Waals surface area contributed by atoms with Gasteiger partial charge in [0.05, 0.1) is 26.4 Å². The number of cyclic esters (lactones) is 1. The second kappa shape index (κ2) is 11.0. The minimum atomic E-state index is -0.628. The molecule has 0 spiro atoms. The predicted molar refractivity (Wildman–Crippen MR) is 134 cm³/mol. The van der Waals surface area contributed by atoms with Crippen LogP contribution in [0.15, 0.2) is 71.4 Å². The van der Waals surface area contributed by atoms with Crippen LogP contribution in [0.3, 0.4) is 0 Å². The van der Waals surface area contributed by atoms with Crippen LogP contribution in [0.1, 0.15) is 28.4 Å². The molecule has 0 aliphatic carbocycles. The maximum absolute atomic E-state index is 12.7. The predicted octanol–water partition coefficient (Wildman–Crippen LogP) is 5.32. The minimum absolute atomic E-state index is 0.0771. The van der Waals surface area contributed by atoms with Crippen molar-refractivity contribution in [1.29, 1.82) is 0 Å². The average molecular weight is 508 g/mol. The maximum Gasteiger partial charge on any atom is 0.363 e. The van der Waals surface area contributed by atoms with E-state index in [0.29, 0.717) is 40.0 Å². The summed E-state index contributed by atoms with van der Waals surface area (Å²) in [4.78, 5) is 29.5. The number of hydrogen-bond donors (Lipinski definition) is 0. The maximum atomic E-state index is 12.7. The molecule has 184 valence electrons. The van der Waals surface area contributed by atoms with E-state index in [2.05, 4.69) is 4.99 Å². The van der Waals surface area contributed by atoms with Gasteiger partial charge in [0.1, 0.15) is 17.1 Å². The first-order valence-corrected chi connectivity index (χ1v) is 11.3. The summed E-state index contributed by atoms with van der Waals surface area (Å²) < 4.78 is 27.2. The van der Waals surface area contributed by atoms with Gasteiger partial charge >= 0.3 is 11.9 Å². The van der Waals surface area contributed by atoms with Gasteiger partial charge in [-0.2, -0.15) is 0 Å².